The maximum absolute atomic E-state index is 11.9. The van der Waals surface area contributed by atoms with Gasteiger partial charge in [-0.1, -0.05) is 41.0 Å². The van der Waals surface area contributed by atoms with Crippen LogP contribution >= 0.6 is 11.3 Å². The third kappa shape index (κ3) is 3.20. The molecular formula is C18H26N2OS. The Bertz CT molecular complexity index is 607. The highest BCUT2D eigenvalue weighted by Crippen LogP contribution is 2.45. The van der Waals surface area contributed by atoms with Gasteiger partial charge in [0, 0.05) is 10.8 Å². The van der Waals surface area contributed by atoms with Gasteiger partial charge in [0.2, 0.25) is 5.91 Å². The summed E-state index contributed by atoms with van der Waals surface area (Å²) in [4.78, 5) is 13.2. The molecule has 1 aliphatic carbocycles. The van der Waals surface area contributed by atoms with Crippen molar-refractivity contribution in [1.29, 1.82) is 5.26 Å². The predicted molar refractivity (Wildman–Crippen MR) is 92.1 cm³/mol. The molecule has 3 nitrogen and oxygen atoms in total. The maximum atomic E-state index is 11.9. The summed E-state index contributed by atoms with van der Waals surface area (Å²) in [5.74, 6) is 0.571. The van der Waals surface area contributed by atoms with E-state index in [9.17, 15) is 10.1 Å². The number of hydrogen-bond acceptors (Lipinski definition) is 3. The minimum atomic E-state index is -0.0718. The molecule has 1 aliphatic rings. The zero-order valence-electron chi connectivity index (χ0n) is 14.2. The molecule has 0 radical (unpaired) electrons. The Balaban J connectivity index is 2.29. The number of carbonyl (C=O) groups is 1. The van der Waals surface area contributed by atoms with Crippen LogP contribution in [-0.2, 0) is 17.6 Å². The lowest BCUT2D eigenvalue weighted by atomic mass is 9.69. The average Bonchev–Trinajstić information content (AvgIpc) is 2.82. The van der Waals surface area contributed by atoms with E-state index in [1.807, 2.05) is 13.8 Å². The zero-order chi connectivity index (χ0) is 16.5. The molecule has 1 atom stereocenters. The lowest BCUT2D eigenvalue weighted by Gasteiger charge is -2.36. The molecule has 1 N–H and O–H groups in total. The van der Waals surface area contributed by atoms with Crippen molar-refractivity contribution in [2.24, 2.45) is 17.3 Å². The first-order chi connectivity index (χ1) is 10.3. The molecule has 1 aromatic rings. The first kappa shape index (κ1) is 17.0. The lowest BCUT2D eigenvalue weighted by Crippen LogP contribution is -2.28. The van der Waals surface area contributed by atoms with Crippen molar-refractivity contribution >= 4 is 22.2 Å². The number of hydrogen-bond donors (Lipinski definition) is 1. The number of nitrogens with one attached hydrogen (secondary N) is 1. The van der Waals surface area contributed by atoms with Crippen LogP contribution in [0.3, 0.4) is 0 Å². The molecule has 1 aromatic heterocycles. The smallest absolute Gasteiger partial charge is 0.227 e. The summed E-state index contributed by atoms with van der Waals surface area (Å²) in [5.41, 5.74) is 2.20. The number of amides is 1. The Morgan fingerprint density at radius 2 is 2.18 bits per heavy atom. The topological polar surface area (TPSA) is 52.9 Å². The van der Waals surface area contributed by atoms with Gasteiger partial charge in [-0.2, -0.15) is 5.26 Å². The van der Waals surface area contributed by atoms with Gasteiger partial charge < -0.3 is 5.32 Å². The van der Waals surface area contributed by atoms with Gasteiger partial charge >= 0.3 is 0 Å². The van der Waals surface area contributed by atoms with Crippen molar-refractivity contribution < 1.29 is 4.79 Å². The van der Waals surface area contributed by atoms with Gasteiger partial charge in [0.15, 0.2) is 0 Å². The van der Waals surface area contributed by atoms with Crippen molar-refractivity contribution in [3.63, 3.8) is 0 Å². The molecule has 1 heterocycles. The summed E-state index contributed by atoms with van der Waals surface area (Å²) in [5, 5.41) is 13.2. The van der Waals surface area contributed by atoms with E-state index in [0.29, 0.717) is 16.9 Å². The maximum Gasteiger partial charge on any atom is 0.227 e. The highest BCUT2D eigenvalue weighted by molar-refractivity contribution is 7.16. The van der Waals surface area contributed by atoms with Crippen molar-refractivity contribution in [2.75, 3.05) is 5.32 Å². The Morgan fingerprint density at radius 1 is 1.50 bits per heavy atom. The number of anilines is 1. The number of rotatable bonds is 4. The highest BCUT2D eigenvalue weighted by Gasteiger charge is 2.34. The van der Waals surface area contributed by atoms with Crippen LogP contribution in [-0.4, -0.2) is 5.91 Å². The fourth-order valence-electron chi connectivity index (χ4n) is 3.00. The molecule has 0 aromatic carbocycles. The van der Waals surface area contributed by atoms with E-state index >= 15 is 0 Å². The number of nitrogens with zero attached hydrogens (tertiary/aromatic N) is 1. The SMILES string of the molecule is CCC(C)(C)C1CCc2c(sc(NC(=O)C(C)C)c2C#N)C1. The van der Waals surface area contributed by atoms with Gasteiger partial charge in [-0.15, -0.1) is 11.3 Å². The van der Waals surface area contributed by atoms with Crippen LogP contribution in [0.4, 0.5) is 5.00 Å². The van der Waals surface area contributed by atoms with Crippen LogP contribution in [0.15, 0.2) is 0 Å². The summed E-state index contributed by atoms with van der Waals surface area (Å²) in [7, 11) is 0. The van der Waals surface area contributed by atoms with Crippen molar-refractivity contribution in [2.45, 2.75) is 60.3 Å². The van der Waals surface area contributed by atoms with E-state index < -0.39 is 0 Å². The predicted octanol–water partition coefficient (Wildman–Crippen LogP) is 4.76. The van der Waals surface area contributed by atoms with Crippen LogP contribution in [0.1, 0.15) is 63.5 Å². The first-order valence-corrected chi connectivity index (χ1v) is 8.97. The van der Waals surface area contributed by atoms with E-state index in [1.54, 1.807) is 11.3 Å². The van der Waals surface area contributed by atoms with Crippen molar-refractivity contribution in [1.82, 2.24) is 0 Å². The largest absolute Gasteiger partial charge is 0.316 e. The highest BCUT2D eigenvalue weighted by atomic mass is 32.1. The second kappa shape index (κ2) is 6.42. The second-order valence-corrected chi connectivity index (χ2v) is 8.35. The van der Waals surface area contributed by atoms with E-state index in [-0.39, 0.29) is 11.8 Å². The van der Waals surface area contributed by atoms with Crippen LogP contribution in [0.2, 0.25) is 0 Å². The molecule has 0 saturated heterocycles. The van der Waals surface area contributed by atoms with E-state index in [4.69, 9.17) is 0 Å². The Morgan fingerprint density at radius 3 is 2.73 bits per heavy atom. The van der Waals surface area contributed by atoms with Gasteiger partial charge in [0.05, 0.1) is 5.56 Å². The summed E-state index contributed by atoms with van der Waals surface area (Å²) >= 11 is 1.61. The van der Waals surface area contributed by atoms with Gasteiger partial charge in [0.25, 0.3) is 0 Å². The molecule has 2 rings (SSSR count). The van der Waals surface area contributed by atoms with E-state index in [0.717, 1.165) is 24.3 Å². The molecule has 0 fully saturated rings. The molecule has 0 aliphatic heterocycles. The molecule has 0 spiro atoms. The summed E-state index contributed by atoms with van der Waals surface area (Å²) in [6, 6.07) is 2.31. The number of fused-ring (bicyclic) bond motifs is 1. The van der Waals surface area contributed by atoms with Crippen LogP contribution in [0.5, 0.6) is 0 Å². The van der Waals surface area contributed by atoms with Gasteiger partial charge in [-0.25, -0.2) is 0 Å². The Hall–Kier alpha value is -1.34. The molecule has 4 heteroatoms. The van der Waals surface area contributed by atoms with E-state index in [1.165, 1.54) is 16.9 Å². The summed E-state index contributed by atoms with van der Waals surface area (Å²) < 4.78 is 0. The quantitative estimate of drug-likeness (QED) is 0.870. The molecule has 22 heavy (non-hydrogen) atoms. The van der Waals surface area contributed by atoms with Crippen molar-refractivity contribution in [3.8, 4) is 6.07 Å². The Kier molecular flexibility index (Phi) is 4.97. The molecule has 1 amide bonds. The fourth-order valence-corrected chi connectivity index (χ4v) is 4.28. The van der Waals surface area contributed by atoms with Crippen LogP contribution < -0.4 is 5.32 Å². The summed E-state index contributed by atoms with van der Waals surface area (Å²) in [6.45, 7) is 10.7. The lowest BCUT2D eigenvalue weighted by molar-refractivity contribution is -0.118. The van der Waals surface area contributed by atoms with Crippen LogP contribution in [0.25, 0.3) is 0 Å². The number of nitriles is 1. The van der Waals surface area contributed by atoms with E-state index in [2.05, 4.69) is 32.2 Å². The minimum absolute atomic E-state index is 0.0134. The molecule has 0 bridgehead atoms. The minimum Gasteiger partial charge on any atom is -0.316 e. The van der Waals surface area contributed by atoms with Gasteiger partial charge in [-0.05, 0) is 36.2 Å². The number of thiophene rings is 1. The first-order valence-electron chi connectivity index (χ1n) is 8.15. The third-order valence-corrected chi connectivity index (χ3v) is 6.32. The van der Waals surface area contributed by atoms with Crippen molar-refractivity contribution in [3.05, 3.63) is 16.0 Å². The summed E-state index contributed by atoms with van der Waals surface area (Å²) in [6.07, 6.45) is 4.30. The fraction of sp³-hybridized carbons (Fsp3) is 0.667. The van der Waals surface area contributed by atoms with Crippen LogP contribution in [0, 0.1) is 28.6 Å². The van der Waals surface area contributed by atoms with Gasteiger partial charge in [0.1, 0.15) is 11.1 Å². The molecule has 0 saturated carbocycles. The molecule has 120 valence electrons. The molecule has 1 unspecified atom stereocenters. The second-order valence-electron chi connectivity index (χ2n) is 7.25. The Labute approximate surface area is 137 Å². The van der Waals surface area contributed by atoms with Gasteiger partial charge in [-0.3, -0.25) is 4.79 Å². The zero-order valence-corrected chi connectivity index (χ0v) is 15.1. The third-order valence-electron chi connectivity index (χ3n) is 5.15. The average molecular weight is 318 g/mol. The standard InChI is InChI=1S/C18H26N2OS/c1-6-18(4,5)12-7-8-13-14(10-19)17(22-15(13)9-12)20-16(21)11(2)3/h11-12H,6-9H2,1-5H3,(H,20,21). The molecular weight excluding hydrogens is 292 g/mol. The number of carbonyl (C=O) groups excluding carboxylic acids is 1. The normalized spacial score (nSPS) is 18.0. The monoisotopic (exact) mass is 318 g/mol.